The maximum Gasteiger partial charge on any atom is 0.165 e. The van der Waals surface area contributed by atoms with Crippen LogP contribution in [-0.2, 0) is 0 Å². The third-order valence-corrected chi connectivity index (χ3v) is 3.36. The predicted octanol–water partition coefficient (Wildman–Crippen LogP) is 2.11. The molecule has 1 fully saturated rings. The van der Waals surface area contributed by atoms with Gasteiger partial charge >= 0.3 is 0 Å². The van der Waals surface area contributed by atoms with Crippen LogP contribution in [0.3, 0.4) is 0 Å². The van der Waals surface area contributed by atoms with Crippen molar-refractivity contribution < 1.29 is 14.6 Å². The summed E-state index contributed by atoms with van der Waals surface area (Å²) in [7, 11) is 0. The van der Waals surface area contributed by atoms with Crippen molar-refractivity contribution in [2.75, 3.05) is 0 Å². The van der Waals surface area contributed by atoms with Crippen LogP contribution in [0.25, 0.3) is 0 Å². The molecule has 0 aliphatic heterocycles. The van der Waals surface area contributed by atoms with Crippen molar-refractivity contribution in [1.29, 1.82) is 0 Å². The Bertz CT molecular complexity index is 385. The molecule has 0 aromatic heterocycles. The Kier molecular flexibility index (Phi) is 4.74. The minimum atomic E-state index is -0.700. The van der Waals surface area contributed by atoms with Crippen LogP contribution in [0.5, 0.6) is 5.75 Å². The molecular weight excluding hydrogens is 245 g/mol. The second kappa shape index (κ2) is 5.67. The number of aliphatic hydroxyl groups excluding tert-OH is 1. The van der Waals surface area contributed by atoms with Crippen molar-refractivity contribution in [2.45, 2.75) is 31.4 Å². The molecule has 1 aliphatic rings. The van der Waals surface area contributed by atoms with E-state index in [2.05, 4.69) is 0 Å². The van der Waals surface area contributed by atoms with Crippen LogP contribution in [0, 0.1) is 11.7 Å². The molecule has 0 saturated heterocycles. The van der Waals surface area contributed by atoms with Gasteiger partial charge in [-0.1, -0.05) is 12.5 Å². The SMILES string of the molecule is Cl.N[C@H](c1ccc(O)c(F)c1)[C@@H](O)C1CCC1. The molecule has 1 aromatic rings. The van der Waals surface area contributed by atoms with Crippen molar-refractivity contribution >= 4 is 12.4 Å². The Hall–Kier alpha value is -0.840. The molecule has 0 heterocycles. The third-order valence-electron chi connectivity index (χ3n) is 3.36. The molecule has 0 radical (unpaired) electrons. The van der Waals surface area contributed by atoms with E-state index in [1.165, 1.54) is 12.1 Å². The van der Waals surface area contributed by atoms with Gasteiger partial charge in [-0.3, -0.25) is 0 Å². The number of aromatic hydroxyl groups is 1. The first kappa shape index (κ1) is 14.2. The number of rotatable bonds is 3. The van der Waals surface area contributed by atoms with E-state index in [4.69, 9.17) is 10.8 Å². The highest BCUT2D eigenvalue weighted by atomic mass is 35.5. The van der Waals surface area contributed by atoms with Crippen LogP contribution in [0.4, 0.5) is 4.39 Å². The highest BCUT2D eigenvalue weighted by Crippen LogP contribution is 2.34. The van der Waals surface area contributed by atoms with E-state index in [1.54, 1.807) is 6.07 Å². The topological polar surface area (TPSA) is 66.5 Å². The van der Waals surface area contributed by atoms with Gasteiger partial charge in [-0.2, -0.15) is 0 Å². The molecule has 2 atom stereocenters. The van der Waals surface area contributed by atoms with E-state index in [0.717, 1.165) is 19.3 Å². The van der Waals surface area contributed by atoms with Gasteiger partial charge in [0.2, 0.25) is 0 Å². The average molecular weight is 262 g/mol. The lowest BCUT2D eigenvalue weighted by atomic mass is 9.77. The molecule has 0 amide bonds. The molecule has 96 valence electrons. The number of benzene rings is 1. The fraction of sp³-hybridized carbons (Fsp3) is 0.500. The minimum absolute atomic E-state index is 0. The third kappa shape index (κ3) is 2.89. The number of hydrogen-bond acceptors (Lipinski definition) is 3. The number of phenols is 1. The van der Waals surface area contributed by atoms with Gasteiger partial charge in [0.25, 0.3) is 0 Å². The summed E-state index contributed by atoms with van der Waals surface area (Å²) in [5, 5.41) is 19.0. The molecule has 0 bridgehead atoms. The lowest BCUT2D eigenvalue weighted by molar-refractivity contribution is 0.0413. The lowest BCUT2D eigenvalue weighted by Gasteiger charge is -2.33. The Labute approximate surface area is 106 Å². The number of halogens is 2. The zero-order valence-corrected chi connectivity index (χ0v) is 10.2. The number of hydrogen-bond donors (Lipinski definition) is 3. The molecule has 5 heteroatoms. The van der Waals surface area contributed by atoms with Gasteiger partial charge in [-0.05, 0) is 36.5 Å². The summed E-state index contributed by atoms with van der Waals surface area (Å²) >= 11 is 0. The fourth-order valence-corrected chi connectivity index (χ4v) is 2.00. The average Bonchev–Trinajstić information content (AvgIpc) is 2.18. The van der Waals surface area contributed by atoms with Crippen molar-refractivity contribution in [1.82, 2.24) is 0 Å². The summed E-state index contributed by atoms with van der Waals surface area (Å²) in [4.78, 5) is 0. The number of aliphatic hydroxyl groups is 1. The zero-order chi connectivity index (χ0) is 11.7. The fourth-order valence-electron chi connectivity index (χ4n) is 2.00. The zero-order valence-electron chi connectivity index (χ0n) is 9.34. The Balaban J connectivity index is 0.00000144. The summed E-state index contributed by atoms with van der Waals surface area (Å²) in [6.45, 7) is 0. The van der Waals surface area contributed by atoms with Crippen LogP contribution in [-0.4, -0.2) is 16.3 Å². The van der Waals surface area contributed by atoms with Crippen LogP contribution in [0.15, 0.2) is 18.2 Å². The first-order valence-corrected chi connectivity index (χ1v) is 5.51. The highest BCUT2D eigenvalue weighted by Gasteiger charge is 2.30. The Morgan fingerprint density at radius 1 is 1.35 bits per heavy atom. The first-order chi connectivity index (χ1) is 7.59. The molecule has 1 saturated carbocycles. The Morgan fingerprint density at radius 3 is 2.47 bits per heavy atom. The van der Waals surface area contributed by atoms with E-state index >= 15 is 0 Å². The van der Waals surface area contributed by atoms with E-state index in [1.807, 2.05) is 0 Å². The van der Waals surface area contributed by atoms with Gasteiger partial charge in [-0.15, -0.1) is 12.4 Å². The molecule has 17 heavy (non-hydrogen) atoms. The van der Waals surface area contributed by atoms with E-state index < -0.39 is 23.7 Å². The predicted molar refractivity (Wildman–Crippen MR) is 65.6 cm³/mol. The molecule has 0 unspecified atom stereocenters. The molecule has 3 nitrogen and oxygen atoms in total. The first-order valence-electron chi connectivity index (χ1n) is 5.51. The van der Waals surface area contributed by atoms with Crippen molar-refractivity contribution in [3.63, 3.8) is 0 Å². The van der Waals surface area contributed by atoms with Gasteiger partial charge < -0.3 is 15.9 Å². The van der Waals surface area contributed by atoms with Gasteiger partial charge in [0.05, 0.1) is 12.1 Å². The van der Waals surface area contributed by atoms with Crippen molar-refractivity contribution in [3.8, 4) is 5.75 Å². The number of phenolic OH excluding ortho intramolecular Hbond substituents is 1. The van der Waals surface area contributed by atoms with Crippen LogP contribution in [0.1, 0.15) is 30.9 Å². The van der Waals surface area contributed by atoms with E-state index in [0.29, 0.717) is 5.56 Å². The summed E-state index contributed by atoms with van der Waals surface area (Å²) < 4.78 is 13.1. The maximum atomic E-state index is 13.1. The smallest absolute Gasteiger partial charge is 0.165 e. The molecule has 0 spiro atoms. The van der Waals surface area contributed by atoms with Crippen molar-refractivity contribution in [2.24, 2.45) is 11.7 Å². The molecule has 1 aliphatic carbocycles. The second-order valence-electron chi connectivity index (χ2n) is 4.42. The lowest BCUT2D eigenvalue weighted by Crippen LogP contribution is -2.36. The summed E-state index contributed by atoms with van der Waals surface area (Å²) in [5.41, 5.74) is 6.39. The van der Waals surface area contributed by atoms with Gasteiger partial charge in [0.15, 0.2) is 11.6 Å². The molecular formula is C12H17ClFNO2. The Morgan fingerprint density at radius 2 is 2.00 bits per heavy atom. The quantitative estimate of drug-likeness (QED) is 0.781. The summed E-state index contributed by atoms with van der Waals surface area (Å²) in [6, 6.07) is 3.41. The highest BCUT2D eigenvalue weighted by molar-refractivity contribution is 5.85. The van der Waals surface area contributed by atoms with Gasteiger partial charge in [0.1, 0.15) is 0 Å². The van der Waals surface area contributed by atoms with Crippen LogP contribution >= 0.6 is 12.4 Å². The number of nitrogens with two attached hydrogens (primary N) is 1. The second-order valence-corrected chi connectivity index (χ2v) is 4.42. The van der Waals surface area contributed by atoms with Crippen LogP contribution in [0.2, 0.25) is 0 Å². The minimum Gasteiger partial charge on any atom is -0.505 e. The van der Waals surface area contributed by atoms with E-state index in [-0.39, 0.29) is 18.3 Å². The summed E-state index contributed by atoms with van der Waals surface area (Å²) in [5.74, 6) is -0.866. The standard InChI is InChI=1S/C12H16FNO2.ClH/c13-9-6-8(4-5-10(9)15)11(14)12(16)7-2-1-3-7;/h4-7,11-12,15-16H,1-3,14H2;1H/t11-,12+;/m1./s1. The largest absolute Gasteiger partial charge is 0.505 e. The molecule has 4 N–H and O–H groups in total. The monoisotopic (exact) mass is 261 g/mol. The van der Waals surface area contributed by atoms with Gasteiger partial charge in [-0.25, -0.2) is 4.39 Å². The van der Waals surface area contributed by atoms with Crippen molar-refractivity contribution in [3.05, 3.63) is 29.6 Å². The molecule has 2 rings (SSSR count). The maximum absolute atomic E-state index is 13.1. The normalized spacial score (nSPS) is 19.0. The van der Waals surface area contributed by atoms with Gasteiger partial charge in [0, 0.05) is 0 Å². The van der Waals surface area contributed by atoms with Crippen LogP contribution < -0.4 is 5.73 Å². The molecule has 1 aromatic carbocycles. The van der Waals surface area contributed by atoms with E-state index in [9.17, 15) is 9.50 Å². The summed E-state index contributed by atoms with van der Waals surface area (Å²) in [6.07, 6.45) is 2.46.